The van der Waals surface area contributed by atoms with Crippen LogP contribution in [0.15, 0.2) is 23.7 Å². The summed E-state index contributed by atoms with van der Waals surface area (Å²) >= 11 is 0. The van der Waals surface area contributed by atoms with Gasteiger partial charge in [0.2, 0.25) is 0 Å². The standard InChI is InChI=1S/C12H14FNO5/c1-18-6-3-7(9(13)4-6)8-5-14(17)11(15)10(8)12(16)19-2/h3-4,7-8,10,17H,5H2,1-2H3/t7?,8?,10-/m0/s1. The number of ether oxygens (including phenoxy) is 2. The van der Waals surface area contributed by atoms with E-state index >= 15 is 0 Å². The minimum Gasteiger partial charge on any atom is -0.497 e. The molecule has 0 bridgehead atoms. The number of hydroxylamine groups is 2. The quantitative estimate of drug-likeness (QED) is 0.463. The lowest BCUT2D eigenvalue weighted by Gasteiger charge is -2.19. The molecule has 104 valence electrons. The molecule has 19 heavy (non-hydrogen) atoms. The number of hydrogen-bond donors (Lipinski definition) is 1. The molecule has 1 fully saturated rings. The smallest absolute Gasteiger partial charge is 0.318 e. The molecule has 6 nitrogen and oxygen atoms in total. The van der Waals surface area contributed by atoms with Gasteiger partial charge >= 0.3 is 5.97 Å². The molecule has 0 aromatic rings. The van der Waals surface area contributed by atoms with E-state index in [1.165, 1.54) is 19.3 Å². The van der Waals surface area contributed by atoms with Crippen molar-refractivity contribution >= 4 is 11.9 Å². The van der Waals surface area contributed by atoms with Gasteiger partial charge in [-0.15, -0.1) is 0 Å². The van der Waals surface area contributed by atoms with E-state index in [0.29, 0.717) is 10.8 Å². The lowest BCUT2D eigenvalue weighted by molar-refractivity contribution is -0.165. The Morgan fingerprint density at radius 3 is 2.74 bits per heavy atom. The summed E-state index contributed by atoms with van der Waals surface area (Å²) in [6, 6.07) is 0. The van der Waals surface area contributed by atoms with E-state index in [4.69, 9.17) is 4.74 Å². The number of carbonyl (C=O) groups is 2. The van der Waals surface area contributed by atoms with Crippen molar-refractivity contribution < 1.29 is 28.7 Å². The van der Waals surface area contributed by atoms with Gasteiger partial charge in [0.05, 0.1) is 20.8 Å². The largest absolute Gasteiger partial charge is 0.497 e. The van der Waals surface area contributed by atoms with E-state index in [0.717, 1.165) is 7.11 Å². The van der Waals surface area contributed by atoms with Crippen molar-refractivity contribution in [3.05, 3.63) is 23.7 Å². The summed E-state index contributed by atoms with van der Waals surface area (Å²) in [6.07, 6.45) is 2.69. The molecule has 2 aliphatic rings. The van der Waals surface area contributed by atoms with Crippen molar-refractivity contribution in [1.29, 1.82) is 0 Å². The first-order chi connectivity index (χ1) is 8.99. The third-order valence-corrected chi connectivity index (χ3v) is 3.43. The van der Waals surface area contributed by atoms with E-state index in [2.05, 4.69) is 4.74 Å². The maximum Gasteiger partial charge on any atom is 0.318 e. The first kappa shape index (κ1) is 13.5. The Labute approximate surface area is 109 Å². The average Bonchev–Trinajstić information content (AvgIpc) is 2.90. The van der Waals surface area contributed by atoms with E-state index in [-0.39, 0.29) is 6.54 Å². The lowest BCUT2D eigenvalue weighted by atomic mass is 9.84. The zero-order valence-corrected chi connectivity index (χ0v) is 10.5. The van der Waals surface area contributed by atoms with Crippen LogP contribution in [0.4, 0.5) is 4.39 Å². The van der Waals surface area contributed by atoms with Crippen molar-refractivity contribution in [2.45, 2.75) is 0 Å². The van der Waals surface area contributed by atoms with Crippen LogP contribution < -0.4 is 0 Å². The van der Waals surface area contributed by atoms with Crippen LogP contribution in [-0.2, 0) is 19.1 Å². The molecule has 7 heteroatoms. The number of nitrogens with zero attached hydrogens (tertiary/aromatic N) is 1. The maximum absolute atomic E-state index is 13.8. The average molecular weight is 271 g/mol. The number of esters is 1. The molecule has 1 saturated heterocycles. The van der Waals surface area contributed by atoms with Crippen LogP contribution in [0.2, 0.25) is 0 Å². The Balaban J connectivity index is 2.29. The highest BCUT2D eigenvalue weighted by Gasteiger charge is 2.50. The van der Waals surface area contributed by atoms with Crippen molar-refractivity contribution in [1.82, 2.24) is 5.06 Å². The molecule has 1 amide bonds. The summed E-state index contributed by atoms with van der Waals surface area (Å²) < 4.78 is 23.3. The van der Waals surface area contributed by atoms with Gasteiger partial charge in [-0.05, 0) is 6.08 Å². The van der Waals surface area contributed by atoms with Crippen LogP contribution in [0.1, 0.15) is 0 Å². The Morgan fingerprint density at radius 1 is 1.53 bits per heavy atom. The molecule has 1 N–H and O–H groups in total. The summed E-state index contributed by atoms with van der Waals surface area (Å²) in [5, 5.41) is 9.86. The van der Waals surface area contributed by atoms with Gasteiger partial charge in [-0.1, -0.05) is 0 Å². The summed E-state index contributed by atoms with van der Waals surface area (Å²) in [5.74, 6) is -4.42. The third-order valence-electron chi connectivity index (χ3n) is 3.43. The van der Waals surface area contributed by atoms with Gasteiger partial charge in [0.15, 0.2) is 0 Å². The van der Waals surface area contributed by atoms with Crippen molar-refractivity contribution in [3.8, 4) is 0 Å². The minimum atomic E-state index is -1.20. The molecule has 2 rings (SSSR count). The number of hydrogen-bond acceptors (Lipinski definition) is 5. The zero-order chi connectivity index (χ0) is 14.2. The van der Waals surface area contributed by atoms with Crippen LogP contribution in [0.3, 0.4) is 0 Å². The van der Waals surface area contributed by atoms with Crippen LogP contribution in [0.25, 0.3) is 0 Å². The van der Waals surface area contributed by atoms with Crippen molar-refractivity contribution in [3.63, 3.8) is 0 Å². The van der Waals surface area contributed by atoms with Gasteiger partial charge in [0, 0.05) is 17.9 Å². The van der Waals surface area contributed by atoms with E-state index in [9.17, 15) is 19.2 Å². The number of carbonyl (C=O) groups excluding carboxylic acids is 2. The van der Waals surface area contributed by atoms with Gasteiger partial charge in [0.25, 0.3) is 5.91 Å². The molecular formula is C12H14FNO5. The molecule has 2 unspecified atom stereocenters. The van der Waals surface area contributed by atoms with Gasteiger partial charge in [-0.2, -0.15) is 0 Å². The minimum absolute atomic E-state index is 0.127. The fraction of sp³-hybridized carbons (Fsp3) is 0.500. The summed E-state index contributed by atoms with van der Waals surface area (Å²) in [5.41, 5.74) is 0. The predicted molar refractivity (Wildman–Crippen MR) is 60.3 cm³/mol. The fourth-order valence-corrected chi connectivity index (χ4v) is 2.45. The molecular weight excluding hydrogens is 257 g/mol. The topological polar surface area (TPSA) is 76.1 Å². The van der Waals surface area contributed by atoms with Gasteiger partial charge in [-0.3, -0.25) is 14.8 Å². The van der Waals surface area contributed by atoms with E-state index in [1.54, 1.807) is 0 Å². The number of methoxy groups -OCH3 is 2. The summed E-state index contributed by atoms with van der Waals surface area (Å²) in [4.78, 5) is 23.3. The second kappa shape index (κ2) is 5.00. The number of halogens is 1. The van der Waals surface area contributed by atoms with Gasteiger partial charge in [0.1, 0.15) is 17.5 Å². The lowest BCUT2D eigenvalue weighted by Crippen LogP contribution is -2.31. The first-order valence-corrected chi connectivity index (χ1v) is 5.70. The molecule has 0 aromatic carbocycles. The van der Waals surface area contributed by atoms with Crippen LogP contribution in [0, 0.1) is 17.8 Å². The summed E-state index contributed by atoms with van der Waals surface area (Å²) in [7, 11) is 2.54. The fourth-order valence-electron chi connectivity index (χ4n) is 2.45. The van der Waals surface area contributed by atoms with Crippen LogP contribution in [-0.4, -0.2) is 42.9 Å². The third kappa shape index (κ3) is 2.21. The second-order valence-corrected chi connectivity index (χ2v) is 4.41. The van der Waals surface area contributed by atoms with Gasteiger partial charge in [-0.25, -0.2) is 9.45 Å². The van der Waals surface area contributed by atoms with Gasteiger partial charge < -0.3 is 9.47 Å². The second-order valence-electron chi connectivity index (χ2n) is 4.41. The highest BCUT2D eigenvalue weighted by molar-refractivity contribution is 5.99. The molecule has 3 atom stereocenters. The number of allylic oxidation sites excluding steroid dienone is 3. The Kier molecular flexibility index (Phi) is 3.57. The van der Waals surface area contributed by atoms with E-state index < -0.39 is 35.5 Å². The maximum atomic E-state index is 13.8. The molecule has 0 radical (unpaired) electrons. The van der Waals surface area contributed by atoms with Crippen LogP contribution >= 0.6 is 0 Å². The Bertz CT molecular complexity index is 473. The molecule has 0 spiro atoms. The van der Waals surface area contributed by atoms with Crippen molar-refractivity contribution in [2.24, 2.45) is 17.8 Å². The monoisotopic (exact) mass is 271 g/mol. The summed E-state index contributed by atoms with van der Waals surface area (Å²) in [6.45, 7) is -0.127. The van der Waals surface area contributed by atoms with Crippen molar-refractivity contribution in [2.75, 3.05) is 20.8 Å². The number of amides is 1. The SMILES string of the molecule is COC(=O)[C@@H]1C(=O)N(O)CC1C1C=C(OC)C=C1F. The van der Waals surface area contributed by atoms with Crippen LogP contribution in [0.5, 0.6) is 0 Å². The normalized spacial score (nSPS) is 30.2. The molecule has 0 saturated carbocycles. The first-order valence-electron chi connectivity index (χ1n) is 5.70. The predicted octanol–water partition coefficient (Wildman–Crippen LogP) is 0.637. The Hall–Kier alpha value is -1.89. The zero-order valence-electron chi connectivity index (χ0n) is 10.5. The number of rotatable bonds is 3. The highest BCUT2D eigenvalue weighted by Crippen LogP contribution is 2.39. The molecule has 0 aromatic heterocycles. The molecule has 1 aliphatic heterocycles. The molecule has 1 aliphatic carbocycles. The molecule has 1 heterocycles. The highest BCUT2D eigenvalue weighted by atomic mass is 19.1. The Morgan fingerprint density at radius 2 is 2.21 bits per heavy atom. The van der Waals surface area contributed by atoms with E-state index in [1.807, 2.05) is 0 Å².